The number of nitrogens with one attached hydrogen (secondary N) is 1. The van der Waals surface area contributed by atoms with E-state index in [0.29, 0.717) is 24.0 Å². The minimum absolute atomic E-state index is 0.148. The number of nitrogens with zero attached hydrogens (tertiary/aromatic N) is 2. The van der Waals surface area contributed by atoms with Crippen LogP contribution in [0.4, 0.5) is 5.13 Å². The Bertz CT molecular complexity index is 804. The number of aromatic nitrogens is 1. The molecule has 1 amide bonds. The van der Waals surface area contributed by atoms with Gasteiger partial charge < -0.3 is 10.4 Å². The van der Waals surface area contributed by atoms with Gasteiger partial charge in [-0.25, -0.2) is 4.98 Å². The third kappa shape index (κ3) is 4.93. The van der Waals surface area contributed by atoms with E-state index >= 15 is 0 Å². The van der Waals surface area contributed by atoms with Crippen LogP contribution >= 0.6 is 11.3 Å². The molecule has 1 unspecified atom stereocenters. The van der Waals surface area contributed by atoms with Crippen molar-refractivity contribution < 1.29 is 14.7 Å². The number of carbonyl (C=O) groups is 2. The fourth-order valence-corrected chi connectivity index (χ4v) is 4.35. The highest BCUT2D eigenvalue weighted by Crippen LogP contribution is 2.36. The molecule has 1 aromatic heterocycles. The summed E-state index contributed by atoms with van der Waals surface area (Å²) in [6.07, 6.45) is 1.48. The molecule has 6 nitrogen and oxygen atoms in total. The number of benzene rings is 1. The van der Waals surface area contributed by atoms with Crippen molar-refractivity contribution in [2.24, 2.45) is 5.92 Å². The van der Waals surface area contributed by atoms with Gasteiger partial charge in [-0.3, -0.25) is 14.5 Å². The molecule has 2 heterocycles. The van der Waals surface area contributed by atoms with E-state index in [1.807, 2.05) is 35.2 Å². The first kappa shape index (κ1) is 19.5. The number of anilines is 1. The van der Waals surface area contributed by atoms with Crippen molar-refractivity contribution in [3.05, 3.63) is 35.2 Å². The Labute approximate surface area is 163 Å². The van der Waals surface area contributed by atoms with E-state index in [2.05, 4.69) is 24.1 Å². The van der Waals surface area contributed by atoms with Gasteiger partial charge in [-0.15, -0.1) is 11.3 Å². The topological polar surface area (TPSA) is 82.5 Å². The van der Waals surface area contributed by atoms with Crippen LogP contribution in [0.2, 0.25) is 0 Å². The molecular weight excluding hydrogens is 362 g/mol. The van der Waals surface area contributed by atoms with Crippen LogP contribution in [0.15, 0.2) is 30.3 Å². The number of carboxylic acid groups (broad SMARTS) is 1. The van der Waals surface area contributed by atoms with Crippen molar-refractivity contribution in [2.45, 2.75) is 32.6 Å². The molecule has 1 aliphatic rings. The van der Waals surface area contributed by atoms with Crippen LogP contribution in [0.3, 0.4) is 0 Å². The second-order valence-corrected chi connectivity index (χ2v) is 8.24. The van der Waals surface area contributed by atoms with Crippen LogP contribution in [0.25, 0.3) is 11.3 Å². The summed E-state index contributed by atoms with van der Waals surface area (Å²) < 4.78 is 0. The first-order valence-electron chi connectivity index (χ1n) is 9.25. The average Bonchev–Trinajstić information content (AvgIpc) is 3.06. The number of rotatable bonds is 6. The van der Waals surface area contributed by atoms with E-state index in [0.717, 1.165) is 29.1 Å². The summed E-state index contributed by atoms with van der Waals surface area (Å²) in [6, 6.07) is 9.97. The van der Waals surface area contributed by atoms with Gasteiger partial charge in [0.05, 0.1) is 18.2 Å². The maximum atomic E-state index is 12.5. The summed E-state index contributed by atoms with van der Waals surface area (Å²) in [4.78, 5) is 31.3. The number of hydrogen-bond acceptors (Lipinski definition) is 5. The third-order valence-electron chi connectivity index (χ3n) is 4.69. The van der Waals surface area contributed by atoms with Crippen LogP contribution in [0, 0.1) is 5.92 Å². The highest BCUT2D eigenvalue weighted by Gasteiger charge is 2.26. The molecule has 0 radical (unpaired) electrons. The molecule has 0 bridgehead atoms. The minimum atomic E-state index is -0.783. The van der Waals surface area contributed by atoms with Gasteiger partial charge in [0.15, 0.2) is 5.13 Å². The van der Waals surface area contributed by atoms with Crippen molar-refractivity contribution in [3.8, 4) is 11.3 Å². The van der Waals surface area contributed by atoms with Crippen molar-refractivity contribution in [2.75, 3.05) is 25.0 Å². The number of carbonyl (C=O) groups excluding carboxylic acids is 1. The Hall–Kier alpha value is -2.25. The number of carboxylic acids is 1. The van der Waals surface area contributed by atoms with Crippen LogP contribution < -0.4 is 5.32 Å². The molecule has 7 heteroatoms. The normalized spacial score (nSPS) is 17.8. The number of thiazole rings is 1. The molecule has 27 heavy (non-hydrogen) atoms. The molecule has 0 spiro atoms. The third-order valence-corrected chi connectivity index (χ3v) is 5.96. The molecule has 0 saturated carbocycles. The van der Waals surface area contributed by atoms with Crippen LogP contribution in [0.5, 0.6) is 0 Å². The monoisotopic (exact) mass is 387 g/mol. The van der Waals surface area contributed by atoms with E-state index < -0.39 is 5.97 Å². The Balaban J connectivity index is 1.68. The standard InChI is InChI=1S/C20H25N3O3S/c1-13(2)18-17(14-7-4-3-5-8-14)22-20(27-18)21-16(24)12-23-10-6-9-15(11-23)19(25)26/h3-5,7-8,13,15H,6,9-12H2,1-2H3,(H,25,26)(H,21,22,24). The second kappa shape index (κ2) is 8.63. The van der Waals surface area contributed by atoms with Gasteiger partial charge in [0.2, 0.25) is 5.91 Å². The maximum Gasteiger partial charge on any atom is 0.307 e. The fourth-order valence-electron chi connectivity index (χ4n) is 3.34. The number of likely N-dealkylation sites (tertiary alicyclic amines) is 1. The van der Waals surface area contributed by atoms with E-state index in [1.54, 1.807) is 0 Å². The maximum absolute atomic E-state index is 12.5. The number of piperidine rings is 1. The Morgan fingerprint density at radius 1 is 1.33 bits per heavy atom. The summed E-state index contributed by atoms with van der Waals surface area (Å²) in [6.45, 7) is 5.60. The molecule has 3 rings (SSSR count). The summed E-state index contributed by atoms with van der Waals surface area (Å²) in [5, 5.41) is 12.7. The van der Waals surface area contributed by atoms with Crippen molar-refractivity contribution in [1.29, 1.82) is 0 Å². The van der Waals surface area contributed by atoms with Crippen molar-refractivity contribution >= 4 is 28.3 Å². The van der Waals surface area contributed by atoms with Gasteiger partial charge in [-0.05, 0) is 25.3 Å². The lowest BCUT2D eigenvalue weighted by Crippen LogP contribution is -2.42. The predicted octanol–water partition coefficient (Wildman–Crippen LogP) is 3.67. The van der Waals surface area contributed by atoms with Crippen molar-refractivity contribution in [1.82, 2.24) is 9.88 Å². The van der Waals surface area contributed by atoms with E-state index in [9.17, 15) is 14.7 Å². The molecule has 0 aliphatic carbocycles. The highest BCUT2D eigenvalue weighted by atomic mass is 32.1. The average molecular weight is 388 g/mol. The molecule has 1 aromatic carbocycles. The van der Waals surface area contributed by atoms with Gasteiger partial charge >= 0.3 is 5.97 Å². The first-order valence-corrected chi connectivity index (χ1v) is 10.1. The van der Waals surface area contributed by atoms with E-state index in [-0.39, 0.29) is 18.4 Å². The molecule has 1 atom stereocenters. The number of aliphatic carboxylic acids is 1. The molecule has 2 aromatic rings. The lowest BCUT2D eigenvalue weighted by Gasteiger charge is -2.29. The second-order valence-electron chi connectivity index (χ2n) is 7.21. The Kier molecular flexibility index (Phi) is 6.23. The van der Waals surface area contributed by atoms with E-state index in [1.165, 1.54) is 11.3 Å². The molecule has 1 aliphatic heterocycles. The largest absolute Gasteiger partial charge is 0.481 e. The lowest BCUT2D eigenvalue weighted by molar-refractivity contribution is -0.144. The quantitative estimate of drug-likeness (QED) is 0.790. The summed E-state index contributed by atoms with van der Waals surface area (Å²) in [7, 11) is 0. The van der Waals surface area contributed by atoms with Gasteiger partial charge in [0.25, 0.3) is 0 Å². The number of hydrogen-bond donors (Lipinski definition) is 2. The zero-order chi connectivity index (χ0) is 19.4. The van der Waals surface area contributed by atoms with Crippen LogP contribution in [-0.4, -0.2) is 46.5 Å². The Morgan fingerprint density at radius 2 is 2.07 bits per heavy atom. The van der Waals surface area contributed by atoms with Gasteiger partial charge in [-0.2, -0.15) is 0 Å². The predicted molar refractivity (Wildman–Crippen MR) is 107 cm³/mol. The molecular formula is C20H25N3O3S. The minimum Gasteiger partial charge on any atom is -0.481 e. The number of amides is 1. The SMILES string of the molecule is CC(C)c1sc(NC(=O)CN2CCCC(C(=O)O)C2)nc1-c1ccccc1. The van der Waals surface area contributed by atoms with Gasteiger partial charge in [-0.1, -0.05) is 44.2 Å². The van der Waals surface area contributed by atoms with Gasteiger partial charge in [0, 0.05) is 17.0 Å². The first-order chi connectivity index (χ1) is 12.9. The zero-order valence-electron chi connectivity index (χ0n) is 15.6. The summed E-state index contributed by atoms with van der Waals surface area (Å²) >= 11 is 1.50. The molecule has 144 valence electrons. The van der Waals surface area contributed by atoms with Crippen molar-refractivity contribution in [3.63, 3.8) is 0 Å². The molecule has 1 fully saturated rings. The van der Waals surface area contributed by atoms with Crippen LogP contribution in [-0.2, 0) is 9.59 Å². The highest BCUT2D eigenvalue weighted by molar-refractivity contribution is 7.16. The summed E-state index contributed by atoms with van der Waals surface area (Å²) in [5.74, 6) is -1.01. The lowest BCUT2D eigenvalue weighted by atomic mass is 9.98. The summed E-state index contributed by atoms with van der Waals surface area (Å²) in [5.41, 5.74) is 1.95. The molecule has 1 saturated heterocycles. The Morgan fingerprint density at radius 3 is 2.74 bits per heavy atom. The smallest absolute Gasteiger partial charge is 0.307 e. The van der Waals surface area contributed by atoms with Gasteiger partial charge in [0.1, 0.15) is 0 Å². The fraction of sp³-hybridized carbons (Fsp3) is 0.450. The van der Waals surface area contributed by atoms with E-state index in [4.69, 9.17) is 0 Å². The molecule has 2 N–H and O–H groups in total. The zero-order valence-corrected chi connectivity index (χ0v) is 16.5. The van der Waals surface area contributed by atoms with Crippen LogP contribution in [0.1, 0.15) is 37.5 Å².